The molecule has 1 amide bonds. The third kappa shape index (κ3) is 3.48. The summed E-state index contributed by atoms with van der Waals surface area (Å²) < 4.78 is 9.88. The van der Waals surface area contributed by atoms with Gasteiger partial charge in [0.05, 0.1) is 19.5 Å². The third-order valence-electron chi connectivity index (χ3n) is 2.87. The number of aliphatic imine (C=N–C) groups is 1. The number of ether oxygens (including phenoxy) is 2. The van der Waals surface area contributed by atoms with E-state index in [9.17, 15) is 14.7 Å². The number of carbonyl (C=O) groups excluding carboxylic acids is 2. The van der Waals surface area contributed by atoms with Gasteiger partial charge in [0, 0.05) is 5.56 Å². The van der Waals surface area contributed by atoms with Crippen LogP contribution >= 0.6 is 11.8 Å². The lowest BCUT2D eigenvalue weighted by molar-refractivity contribution is -0.138. The van der Waals surface area contributed by atoms with Crippen molar-refractivity contribution in [1.29, 1.82) is 0 Å². The Balaban J connectivity index is 2.23. The van der Waals surface area contributed by atoms with Crippen molar-refractivity contribution in [2.75, 3.05) is 19.5 Å². The van der Waals surface area contributed by atoms with Crippen molar-refractivity contribution < 1.29 is 24.2 Å². The van der Waals surface area contributed by atoms with E-state index in [1.165, 1.54) is 7.11 Å². The highest BCUT2D eigenvalue weighted by Crippen LogP contribution is 2.28. The Hall–Kier alpha value is -2.28. The van der Waals surface area contributed by atoms with E-state index in [2.05, 4.69) is 4.99 Å². The van der Waals surface area contributed by atoms with E-state index in [0.717, 1.165) is 11.8 Å². The molecule has 0 saturated carbocycles. The molecule has 0 radical (unpaired) electrons. The number of aliphatic hydroxyl groups is 1. The van der Waals surface area contributed by atoms with Gasteiger partial charge < -0.3 is 14.6 Å². The molecule has 0 saturated heterocycles. The highest BCUT2D eigenvalue weighted by molar-refractivity contribution is 8.15. The second kappa shape index (κ2) is 7.13. The number of nitrogens with zero attached hydrogens (tertiary/aromatic N) is 1. The summed E-state index contributed by atoms with van der Waals surface area (Å²) >= 11 is 1.12. The lowest BCUT2D eigenvalue weighted by Crippen LogP contribution is -2.14. The first-order chi connectivity index (χ1) is 10.6. The summed E-state index contributed by atoms with van der Waals surface area (Å²) in [6.07, 6.45) is 0. The Bertz CT molecular complexity index is 648. The number of benzene rings is 1. The largest absolute Gasteiger partial charge is 0.510 e. The molecule has 116 valence electrons. The molecule has 0 spiro atoms. The van der Waals surface area contributed by atoms with E-state index >= 15 is 0 Å². The van der Waals surface area contributed by atoms with Crippen molar-refractivity contribution >= 4 is 28.7 Å². The minimum atomic E-state index is -0.675. The van der Waals surface area contributed by atoms with Crippen LogP contribution in [0.4, 0.5) is 0 Å². The van der Waals surface area contributed by atoms with Crippen molar-refractivity contribution in [1.82, 2.24) is 0 Å². The van der Waals surface area contributed by atoms with Gasteiger partial charge in [-0.2, -0.15) is 0 Å². The predicted molar refractivity (Wildman–Crippen MR) is 83.5 cm³/mol. The second-order valence-corrected chi connectivity index (χ2v) is 5.25. The first kappa shape index (κ1) is 16.1. The summed E-state index contributed by atoms with van der Waals surface area (Å²) in [6, 6.07) is 6.46. The lowest BCUT2D eigenvalue weighted by atomic mass is 10.2. The first-order valence-electron chi connectivity index (χ1n) is 6.56. The first-order valence-corrected chi connectivity index (χ1v) is 7.54. The maximum absolute atomic E-state index is 12.1. The lowest BCUT2D eigenvalue weighted by Gasteiger charge is -2.04. The van der Waals surface area contributed by atoms with Gasteiger partial charge in [-0.1, -0.05) is 11.8 Å². The molecule has 0 aromatic heterocycles. The normalized spacial score (nSPS) is 16.0. The van der Waals surface area contributed by atoms with Crippen LogP contribution in [0.5, 0.6) is 5.75 Å². The van der Waals surface area contributed by atoms with Crippen molar-refractivity contribution in [2.45, 2.75) is 6.92 Å². The van der Waals surface area contributed by atoms with Crippen molar-refractivity contribution in [3.05, 3.63) is 41.2 Å². The number of aliphatic hydroxyl groups excluding tert-OH is 1. The van der Waals surface area contributed by atoms with Gasteiger partial charge in [-0.3, -0.25) is 4.79 Å². The maximum Gasteiger partial charge on any atom is 0.344 e. The fraction of sp³-hybridized carbons (Fsp3) is 0.267. The summed E-state index contributed by atoms with van der Waals surface area (Å²) in [5.74, 6) is -0.468. The van der Waals surface area contributed by atoms with Crippen molar-refractivity contribution in [3.63, 3.8) is 0 Å². The van der Waals surface area contributed by atoms with Crippen LogP contribution in [0.15, 0.2) is 40.6 Å². The Morgan fingerprint density at radius 2 is 2.00 bits per heavy atom. The molecule has 0 bridgehead atoms. The van der Waals surface area contributed by atoms with Gasteiger partial charge in [0.25, 0.3) is 5.91 Å². The van der Waals surface area contributed by atoms with E-state index in [0.29, 0.717) is 11.3 Å². The van der Waals surface area contributed by atoms with Gasteiger partial charge in [-0.15, -0.1) is 0 Å². The number of carbonyl (C=O) groups is 2. The quantitative estimate of drug-likeness (QED) is 0.857. The fourth-order valence-corrected chi connectivity index (χ4v) is 2.70. The standard InChI is InChI=1S/C15H15NO5S/c1-3-21-15(19)12-11(17)8-22-14(12)16-13(18)9-4-6-10(20-2)7-5-9/h4-7,17H,3,8H2,1-2H3. The van der Waals surface area contributed by atoms with E-state index in [1.54, 1.807) is 31.2 Å². The van der Waals surface area contributed by atoms with Gasteiger partial charge >= 0.3 is 5.97 Å². The van der Waals surface area contributed by atoms with Crippen molar-refractivity contribution in [3.8, 4) is 5.75 Å². The smallest absolute Gasteiger partial charge is 0.344 e. The van der Waals surface area contributed by atoms with Crippen LogP contribution in [0.25, 0.3) is 0 Å². The number of methoxy groups -OCH3 is 1. The van der Waals surface area contributed by atoms with Crippen LogP contribution in [-0.4, -0.2) is 41.5 Å². The van der Waals surface area contributed by atoms with Gasteiger partial charge in [0.1, 0.15) is 22.1 Å². The molecule has 1 aliphatic heterocycles. The minimum Gasteiger partial charge on any atom is -0.510 e. The van der Waals surface area contributed by atoms with Crippen LogP contribution in [0, 0.1) is 0 Å². The number of amides is 1. The molecule has 0 unspecified atom stereocenters. The summed E-state index contributed by atoms with van der Waals surface area (Å²) in [6.45, 7) is 1.84. The highest BCUT2D eigenvalue weighted by Gasteiger charge is 2.30. The van der Waals surface area contributed by atoms with E-state index in [4.69, 9.17) is 9.47 Å². The monoisotopic (exact) mass is 321 g/mol. The van der Waals surface area contributed by atoms with E-state index < -0.39 is 11.9 Å². The topological polar surface area (TPSA) is 85.2 Å². The second-order valence-electron chi connectivity index (χ2n) is 4.28. The fourth-order valence-electron chi connectivity index (χ4n) is 1.79. The average Bonchev–Trinajstić information content (AvgIpc) is 2.88. The number of rotatable bonds is 4. The van der Waals surface area contributed by atoms with Gasteiger partial charge in [0.15, 0.2) is 0 Å². The molecular formula is C15H15NO5S. The molecular weight excluding hydrogens is 306 g/mol. The summed E-state index contributed by atoms with van der Waals surface area (Å²) in [4.78, 5) is 27.9. The maximum atomic E-state index is 12.1. The Morgan fingerprint density at radius 1 is 1.32 bits per heavy atom. The molecule has 1 heterocycles. The number of hydrogen-bond acceptors (Lipinski definition) is 6. The summed E-state index contributed by atoms with van der Waals surface area (Å²) in [5, 5.41) is 9.94. The highest BCUT2D eigenvalue weighted by atomic mass is 32.2. The average molecular weight is 321 g/mol. The third-order valence-corrected chi connectivity index (χ3v) is 3.85. The Kier molecular flexibility index (Phi) is 5.21. The van der Waals surface area contributed by atoms with Gasteiger partial charge in [-0.05, 0) is 31.2 Å². The van der Waals surface area contributed by atoms with Crippen LogP contribution in [0.3, 0.4) is 0 Å². The van der Waals surface area contributed by atoms with Gasteiger partial charge in [-0.25, -0.2) is 9.79 Å². The molecule has 0 aliphatic carbocycles. The number of thioether (sulfide) groups is 1. The van der Waals surface area contributed by atoms with Crippen LogP contribution in [-0.2, 0) is 9.53 Å². The molecule has 0 fully saturated rings. The van der Waals surface area contributed by atoms with Gasteiger partial charge in [0.2, 0.25) is 0 Å². The van der Waals surface area contributed by atoms with E-state index in [1.807, 2.05) is 0 Å². The van der Waals surface area contributed by atoms with Crippen molar-refractivity contribution in [2.24, 2.45) is 4.99 Å². The van der Waals surface area contributed by atoms with Crippen LogP contribution in [0.2, 0.25) is 0 Å². The summed E-state index contributed by atoms with van der Waals surface area (Å²) in [5.41, 5.74) is 0.331. The summed E-state index contributed by atoms with van der Waals surface area (Å²) in [7, 11) is 1.53. The molecule has 6 nitrogen and oxygen atoms in total. The molecule has 1 aromatic rings. The molecule has 0 atom stereocenters. The predicted octanol–water partition coefficient (Wildman–Crippen LogP) is 2.36. The molecule has 1 aliphatic rings. The number of hydrogen-bond donors (Lipinski definition) is 1. The number of esters is 1. The Labute approximate surface area is 131 Å². The zero-order valence-corrected chi connectivity index (χ0v) is 13.0. The molecule has 2 rings (SSSR count). The molecule has 7 heteroatoms. The van der Waals surface area contributed by atoms with Crippen LogP contribution < -0.4 is 4.74 Å². The zero-order valence-electron chi connectivity index (χ0n) is 12.2. The molecule has 1 N–H and O–H groups in total. The SMILES string of the molecule is CCOC(=O)C1=C(O)CSC1=NC(=O)c1ccc(OC)cc1. The minimum absolute atomic E-state index is 0.0336. The van der Waals surface area contributed by atoms with E-state index in [-0.39, 0.29) is 28.7 Å². The Morgan fingerprint density at radius 3 is 2.59 bits per heavy atom. The zero-order chi connectivity index (χ0) is 16.1. The molecule has 22 heavy (non-hydrogen) atoms. The van der Waals surface area contributed by atoms with Crippen LogP contribution in [0.1, 0.15) is 17.3 Å². The molecule has 1 aromatic carbocycles.